The third-order valence-corrected chi connectivity index (χ3v) is 5.49. The van der Waals surface area contributed by atoms with Gasteiger partial charge >= 0.3 is 6.09 Å². The molecule has 1 aliphatic heterocycles. The number of benzene rings is 1. The van der Waals surface area contributed by atoms with E-state index in [2.05, 4.69) is 15.5 Å². The number of carbonyl (C=O) groups is 1. The molecule has 1 aromatic heterocycles. The molecule has 1 atom stereocenters. The van der Waals surface area contributed by atoms with Crippen LogP contribution in [0.5, 0.6) is 0 Å². The average molecular weight is 420 g/mol. The first-order valence-electron chi connectivity index (χ1n) is 9.07. The van der Waals surface area contributed by atoms with Crippen molar-refractivity contribution in [3.05, 3.63) is 41.7 Å². The number of nitrogens with one attached hydrogen (secondary N) is 1. The predicted octanol–water partition coefficient (Wildman–Crippen LogP) is 3.96. The second-order valence-corrected chi connectivity index (χ2v) is 9.26. The fraction of sp³-hybridized carbons (Fsp3) is 0.474. The van der Waals surface area contributed by atoms with E-state index >= 15 is 0 Å². The Morgan fingerprint density at radius 1 is 1.32 bits per heavy atom. The summed E-state index contributed by atoms with van der Waals surface area (Å²) < 4.78 is 7.17. The van der Waals surface area contributed by atoms with Gasteiger partial charge in [-0.25, -0.2) is 4.79 Å². The molecule has 0 radical (unpaired) electrons. The number of amides is 1. The molecule has 28 heavy (non-hydrogen) atoms. The highest BCUT2D eigenvalue weighted by Gasteiger charge is 2.27. The number of aromatic nitrogens is 3. The smallest absolute Gasteiger partial charge is 0.408 e. The van der Waals surface area contributed by atoms with Crippen LogP contribution in [0.3, 0.4) is 0 Å². The first-order valence-corrected chi connectivity index (χ1v) is 11.4. The first-order chi connectivity index (χ1) is 13.4. The van der Waals surface area contributed by atoms with Gasteiger partial charge in [-0.1, -0.05) is 42.1 Å². The van der Waals surface area contributed by atoms with E-state index in [0.717, 1.165) is 27.9 Å². The largest absolute Gasteiger partial charge is 0.444 e. The van der Waals surface area contributed by atoms with Gasteiger partial charge in [0.25, 0.3) is 0 Å². The Bertz CT molecular complexity index is 846. The number of alkyl carbamates (subject to hydrolysis) is 1. The van der Waals surface area contributed by atoms with Gasteiger partial charge in [-0.3, -0.25) is 0 Å². The summed E-state index contributed by atoms with van der Waals surface area (Å²) in [5.41, 5.74) is 1.47. The molecule has 2 aromatic rings. The standard InChI is InChI=1S/C19H25N5O2S2/c1-19(2,3)26-18(25)20-14(10-11-27-4)16-21-22-17-24(16)23-15(12-28-17)13-8-6-5-7-9-13/h5-9,14H,10-12H2,1-4H3,(H,20,25). The second kappa shape index (κ2) is 9.00. The Labute approximate surface area is 173 Å². The molecule has 1 amide bonds. The number of ether oxygens (including phenoxy) is 1. The third-order valence-electron chi connectivity index (χ3n) is 3.92. The van der Waals surface area contributed by atoms with Crippen molar-refractivity contribution in [1.82, 2.24) is 20.2 Å². The molecular formula is C19H25N5O2S2. The summed E-state index contributed by atoms with van der Waals surface area (Å²) in [5, 5.41) is 17.0. The zero-order valence-corrected chi connectivity index (χ0v) is 18.1. The highest BCUT2D eigenvalue weighted by atomic mass is 32.2. The summed E-state index contributed by atoms with van der Waals surface area (Å²) in [6, 6.07) is 9.73. The molecule has 1 unspecified atom stereocenters. The van der Waals surface area contributed by atoms with Gasteiger partial charge in [-0.15, -0.1) is 10.2 Å². The number of hydrogen-bond acceptors (Lipinski definition) is 7. The van der Waals surface area contributed by atoms with Crippen molar-refractivity contribution >= 4 is 35.3 Å². The van der Waals surface area contributed by atoms with Gasteiger partial charge in [0.15, 0.2) is 5.82 Å². The van der Waals surface area contributed by atoms with Gasteiger partial charge in [0.05, 0.1) is 11.8 Å². The summed E-state index contributed by atoms with van der Waals surface area (Å²) in [5.74, 6) is 2.22. The molecule has 0 aliphatic carbocycles. The van der Waals surface area contributed by atoms with Crippen LogP contribution in [0.15, 0.2) is 40.6 Å². The Morgan fingerprint density at radius 2 is 2.07 bits per heavy atom. The molecule has 0 bridgehead atoms. The van der Waals surface area contributed by atoms with Gasteiger partial charge in [0.1, 0.15) is 5.60 Å². The molecule has 3 rings (SSSR count). The Balaban J connectivity index is 1.88. The van der Waals surface area contributed by atoms with Crippen LogP contribution in [0, 0.1) is 0 Å². The van der Waals surface area contributed by atoms with Crippen LogP contribution in [0.4, 0.5) is 4.79 Å². The van der Waals surface area contributed by atoms with E-state index in [0.29, 0.717) is 12.2 Å². The number of hydrogen-bond donors (Lipinski definition) is 1. The number of carbonyl (C=O) groups excluding carboxylic acids is 1. The number of fused-ring (bicyclic) bond motifs is 1. The normalized spacial score (nSPS) is 14.8. The van der Waals surface area contributed by atoms with Gasteiger partial charge in [-0.2, -0.15) is 21.5 Å². The summed E-state index contributed by atoms with van der Waals surface area (Å²) in [4.78, 5) is 12.3. The lowest BCUT2D eigenvalue weighted by molar-refractivity contribution is 0.0499. The van der Waals surface area contributed by atoms with Crippen LogP contribution in [0.2, 0.25) is 0 Å². The number of thioether (sulfide) groups is 2. The maximum Gasteiger partial charge on any atom is 0.408 e. The van der Waals surface area contributed by atoms with Crippen molar-refractivity contribution < 1.29 is 9.53 Å². The van der Waals surface area contributed by atoms with E-state index in [1.807, 2.05) is 57.4 Å². The van der Waals surface area contributed by atoms with E-state index < -0.39 is 11.7 Å². The topological polar surface area (TPSA) is 81.4 Å². The Hall–Kier alpha value is -2.00. The molecule has 0 saturated carbocycles. The maximum absolute atomic E-state index is 12.3. The molecular weight excluding hydrogens is 394 g/mol. The van der Waals surface area contributed by atoms with E-state index in [4.69, 9.17) is 9.84 Å². The van der Waals surface area contributed by atoms with Crippen LogP contribution < -0.4 is 5.32 Å². The highest BCUT2D eigenvalue weighted by Crippen LogP contribution is 2.28. The monoisotopic (exact) mass is 419 g/mol. The molecule has 2 heterocycles. The molecule has 9 heteroatoms. The quantitative estimate of drug-likeness (QED) is 0.763. The second-order valence-electron chi connectivity index (χ2n) is 7.33. The van der Waals surface area contributed by atoms with E-state index in [1.165, 1.54) is 0 Å². The van der Waals surface area contributed by atoms with Crippen molar-refractivity contribution in [2.75, 3.05) is 17.8 Å². The van der Waals surface area contributed by atoms with Crippen LogP contribution in [-0.4, -0.2) is 50.0 Å². The molecule has 1 N–H and O–H groups in total. The Morgan fingerprint density at radius 3 is 2.75 bits per heavy atom. The van der Waals surface area contributed by atoms with Crippen molar-refractivity contribution in [2.24, 2.45) is 5.10 Å². The van der Waals surface area contributed by atoms with Crippen molar-refractivity contribution in [2.45, 2.75) is 44.0 Å². The molecule has 0 fully saturated rings. The fourth-order valence-electron chi connectivity index (χ4n) is 2.68. The molecule has 1 aliphatic rings. The molecule has 7 nitrogen and oxygen atoms in total. The van der Waals surface area contributed by atoms with Gasteiger partial charge in [0, 0.05) is 5.75 Å². The first kappa shape index (κ1) is 20.7. The highest BCUT2D eigenvalue weighted by molar-refractivity contribution is 7.99. The van der Waals surface area contributed by atoms with Gasteiger partial charge in [-0.05, 0) is 44.8 Å². The van der Waals surface area contributed by atoms with Gasteiger partial charge in [0.2, 0.25) is 5.16 Å². The van der Waals surface area contributed by atoms with Crippen molar-refractivity contribution in [1.29, 1.82) is 0 Å². The minimum atomic E-state index is -0.563. The van der Waals surface area contributed by atoms with Crippen LogP contribution in [0.25, 0.3) is 0 Å². The minimum absolute atomic E-state index is 0.331. The molecule has 0 spiro atoms. The molecule has 1 aromatic carbocycles. The summed E-state index contributed by atoms with van der Waals surface area (Å²) in [7, 11) is 0. The summed E-state index contributed by atoms with van der Waals surface area (Å²) >= 11 is 3.30. The minimum Gasteiger partial charge on any atom is -0.444 e. The number of rotatable bonds is 6. The van der Waals surface area contributed by atoms with Crippen molar-refractivity contribution in [3.8, 4) is 0 Å². The zero-order valence-electron chi connectivity index (χ0n) is 16.5. The fourth-order valence-corrected chi connectivity index (χ4v) is 4.00. The van der Waals surface area contributed by atoms with E-state index in [-0.39, 0.29) is 6.04 Å². The lowest BCUT2D eigenvalue weighted by Gasteiger charge is -2.23. The number of nitrogens with zero attached hydrogens (tertiary/aromatic N) is 4. The lowest BCUT2D eigenvalue weighted by atomic mass is 10.1. The van der Waals surface area contributed by atoms with Crippen LogP contribution >= 0.6 is 23.5 Å². The van der Waals surface area contributed by atoms with Crippen LogP contribution in [0.1, 0.15) is 44.6 Å². The van der Waals surface area contributed by atoms with Crippen molar-refractivity contribution in [3.63, 3.8) is 0 Å². The molecule has 150 valence electrons. The summed E-state index contributed by atoms with van der Waals surface area (Å²) in [6.45, 7) is 5.53. The van der Waals surface area contributed by atoms with Crippen LogP contribution in [-0.2, 0) is 4.74 Å². The lowest BCUT2D eigenvalue weighted by Crippen LogP contribution is -2.36. The van der Waals surface area contributed by atoms with E-state index in [9.17, 15) is 4.79 Å². The third kappa shape index (κ3) is 5.29. The average Bonchev–Trinajstić information content (AvgIpc) is 3.07. The SMILES string of the molecule is CSCCC(NC(=O)OC(C)(C)C)c1nnc2n1N=C(c1ccccc1)CS2. The maximum atomic E-state index is 12.3. The summed E-state index contributed by atoms with van der Waals surface area (Å²) in [6.07, 6.45) is 2.27. The van der Waals surface area contributed by atoms with Gasteiger partial charge < -0.3 is 10.1 Å². The zero-order chi connectivity index (χ0) is 20.1. The van der Waals surface area contributed by atoms with E-state index in [1.54, 1.807) is 28.2 Å². The molecule has 0 saturated heterocycles. The Kier molecular flexibility index (Phi) is 6.66. The predicted molar refractivity (Wildman–Crippen MR) is 114 cm³/mol.